The molecule has 1 N–H and O–H groups in total. The SMILES string of the molecule is CCC[C@H](NCc1nn(Cc2cccc(Cl)c2)nc1-c1ccccc1)c1ccccc1. The van der Waals surface area contributed by atoms with Gasteiger partial charge in [0.2, 0.25) is 0 Å². The molecule has 1 atom stereocenters. The monoisotopic (exact) mass is 430 g/mol. The van der Waals surface area contributed by atoms with E-state index in [0.29, 0.717) is 13.1 Å². The van der Waals surface area contributed by atoms with Crippen LogP contribution in [-0.4, -0.2) is 15.0 Å². The van der Waals surface area contributed by atoms with Gasteiger partial charge in [0.1, 0.15) is 11.4 Å². The normalized spacial score (nSPS) is 12.1. The van der Waals surface area contributed by atoms with Crippen molar-refractivity contribution >= 4 is 11.6 Å². The molecule has 0 aliphatic rings. The molecule has 3 aromatic carbocycles. The van der Waals surface area contributed by atoms with E-state index >= 15 is 0 Å². The zero-order valence-corrected chi connectivity index (χ0v) is 18.5. The Balaban J connectivity index is 1.59. The van der Waals surface area contributed by atoms with Gasteiger partial charge in [-0.15, -0.1) is 0 Å². The van der Waals surface area contributed by atoms with Crippen LogP contribution < -0.4 is 5.32 Å². The maximum absolute atomic E-state index is 6.16. The molecular formula is C26H27ClN4. The van der Waals surface area contributed by atoms with E-state index in [9.17, 15) is 0 Å². The number of aromatic nitrogens is 3. The largest absolute Gasteiger partial charge is 0.304 e. The molecule has 31 heavy (non-hydrogen) atoms. The second kappa shape index (κ2) is 10.4. The standard InChI is InChI=1S/C26H27ClN4/c1-2-10-24(21-12-5-3-6-13-21)28-18-25-26(22-14-7-4-8-15-22)30-31(29-25)19-20-11-9-16-23(27)17-20/h3-9,11-17,24,28H,2,10,18-19H2,1H3/t24-/m0/s1. The Morgan fingerprint density at radius 2 is 1.65 bits per heavy atom. The van der Waals surface area contributed by atoms with E-state index < -0.39 is 0 Å². The van der Waals surface area contributed by atoms with Gasteiger partial charge in [-0.05, 0) is 29.7 Å². The minimum atomic E-state index is 0.285. The molecule has 0 spiro atoms. The molecule has 1 aromatic heterocycles. The Hall–Kier alpha value is -2.95. The van der Waals surface area contributed by atoms with Gasteiger partial charge in [0, 0.05) is 23.2 Å². The van der Waals surface area contributed by atoms with Gasteiger partial charge >= 0.3 is 0 Å². The van der Waals surface area contributed by atoms with Crippen molar-refractivity contribution in [2.75, 3.05) is 0 Å². The maximum Gasteiger partial charge on any atom is 0.117 e. The summed E-state index contributed by atoms with van der Waals surface area (Å²) in [6.45, 7) is 3.45. The summed E-state index contributed by atoms with van der Waals surface area (Å²) in [7, 11) is 0. The first-order valence-corrected chi connectivity index (χ1v) is 11.1. The third kappa shape index (κ3) is 5.60. The van der Waals surface area contributed by atoms with Crippen molar-refractivity contribution in [1.29, 1.82) is 0 Å². The van der Waals surface area contributed by atoms with E-state index in [1.54, 1.807) is 4.80 Å². The van der Waals surface area contributed by atoms with Gasteiger partial charge in [0.15, 0.2) is 0 Å². The Kier molecular flexibility index (Phi) is 7.13. The van der Waals surface area contributed by atoms with Crippen LogP contribution in [0.25, 0.3) is 11.3 Å². The molecule has 4 aromatic rings. The second-order valence-corrected chi connectivity index (χ2v) is 8.09. The lowest BCUT2D eigenvalue weighted by Gasteiger charge is -2.18. The second-order valence-electron chi connectivity index (χ2n) is 7.65. The number of rotatable bonds is 9. The zero-order valence-electron chi connectivity index (χ0n) is 17.7. The molecule has 0 radical (unpaired) electrons. The van der Waals surface area contributed by atoms with Crippen LogP contribution in [0.1, 0.15) is 42.6 Å². The molecule has 4 nitrogen and oxygen atoms in total. The average molecular weight is 431 g/mol. The Morgan fingerprint density at radius 1 is 0.903 bits per heavy atom. The molecule has 0 fully saturated rings. The fourth-order valence-corrected chi connectivity index (χ4v) is 3.98. The number of nitrogens with zero attached hydrogens (tertiary/aromatic N) is 3. The molecule has 0 unspecified atom stereocenters. The van der Waals surface area contributed by atoms with Crippen molar-refractivity contribution in [2.24, 2.45) is 0 Å². The van der Waals surface area contributed by atoms with Gasteiger partial charge in [-0.2, -0.15) is 15.0 Å². The Bertz CT molecular complexity index is 1090. The highest BCUT2D eigenvalue weighted by molar-refractivity contribution is 6.30. The molecule has 0 saturated carbocycles. The molecule has 0 bridgehead atoms. The molecule has 158 valence electrons. The summed E-state index contributed by atoms with van der Waals surface area (Å²) in [5.74, 6) is 0. The maximum atomic E-state index is 6.16. The Labute approximate surface area is 188 Å². The summed E-state index contributed by atoms with van der Waals surface area (Å²) in [4.78, 5) is 1.77. The summed E-state index contributed by atoms with van der Waals surface area (Å²) in [5, 5.41) is 14.1. The summed E-state index contributed by atoms with van der Waals surface area (Å²) in [5.41, 5.74) is 5.32. The third-order valence-corrected chi connectivity index (χ3v) is 5.52. The van der Waals surface area contributed by atoms with Crippen LogP contribution in [0.2, 0.25) is 5.02 Å². The minimum Gasteiger partial charge on any atom is -0.304 e. The zero-order chi connectivity index (χ0) is 21.5. The van der Waals surface area contributed by atoms with Crippen molar-refractivity contribution in [1.82, 2.24) is 20.3 Å². The number of nitrogens with one attached hydrogen (secondary N) is 1. The lowest BCUT2D eigenvalue weighted by Crippen LogP contribution is -2.21. The van der Waals surface area contributed by atoms with Gasteiger partial charge in [-0.1, -0.05) is 97.7 Å². The van der Waals surface area contributed by atoms with Crippen LogP contribution in [0.3, 0.4) is 0 Å². The van der Waals surface area contributed by atoms with Crippen LogP contribution in [-0.2, 0) is 13.1 Å². The minimum absolute atomic E-state index is 0.285. The van der Waals surface area contributed by atoms with Crippen LogP contribution in [0.5, 0.6) is 0 Å². The first-order valence-electron chi connectivity index (χ1n) is 10.7. The van der Waals surface area contributed by atoms with Crippen molar-refractivity contribution < 1.29 is 0 Å². The molecule has 0 aliphatic carbocycles. The molecule has 0 amide bonds. The number of hydrogen-bond donors (Lipinski definition) is 1. The van der Waals surface area contributed by atoms with E-state index in [-0.39, 0.29) is 6.04 Å². The molecule has 5 heteroatoms. The van der Waals surface area contributed by atoms with Crippen molar-refractivity contribution in [3.05, 3.63) is 107 Å². The average Bonchev–Trinajstić information content (AvgIpc) is 3.20. The van der Waals surface area contributed by atoms with E-state index in [1.807, 2.05) is 42.5 Å². The summed E-state index contributed by atoms with van der Waals surface area (Å²) < 4.78 is 0. The first-order chi connectivity index (χ1) is 15.2. The van der Waals surface area contributed by atoms with Crippen LogP contribution in [0.4, 0.5) is 0 Å². The number of hydrogen-bond acceptors (Lipinski definition) is 3. The van der Waals surface area contributed by atoms with E-state index in [1.165, 1.54) is 5.56 Å². The van der Waals surface area contributed by atoms with Crippen molar-refractivity contribution in [2.45, 2.75) is 38.9 Å². The van der Waals surface area contributed by atoms with Gasteiger partial charge in [0.25, 0.3) is 0 Å². The lowest BCUT2D eigenvalue weighted by atomic mass is 10.0. The predicted molar refractivity (Wildman–Crippen MR) is 127 cm³/mol. The first kappa shape index (κ1) is 21.3. The molecule has 4 rings (SSSR count). The predicted octanol–water partition coefficient (Wildman–Crippen LogP) is 6.28. The van der Waals surface area contributed by atoms with Crippen LogP contribution in [0, 0.1) is 0 Å². The number of benzene rings is 3. The highest BCUT2D eigenvalue weighted by atomic mass is 35.5. The molecular weight excluding hydrogens is 404 g/mol. The van der Waals surface area contributed by atoms with Crippen LogP contribution >= 0.6 is 11.6 Å². The van der Waals surface area contributed by atoms with Gasteiger partial charge in [-0.3, -0.25) is 0 Å². The van der Waals surface area contributed by atoms with E-state index in [4.69, 9.17) is 21.8 Å². The lowest BCUT2D eigenvalue weighted by molar-refractivity contribution is 0.485. The summed E-state index contributed by atoms with van der Waals surface area (Å²) in [6.07, 6.45) is 2.18. The Morgan fingerprint density at radius 3 is 2.35 bits per heavy atom. The van der Waals surface area contributed by atoms with Gasteiger partial charge in [-0.25, -0.2) is 0 Å². The van der Waals surface area contributed by atoms with Crippen molar-refractivity contribution in [3.8, 4) is 11.3 Å². The van der Waals surface area contributed by atoms with Gasteiger partial charge < -0.3 is 5.32 Å². The number of halogens is 1. The smallest absolute Gasteiger partial charge is 0.117 e. The molecule has 0 aliphatic heterocycles. The highest BCUT2D eigenvalue weighted by Crippen LogP contribution is 2.23. The molecule has 1 heterocycles. The van der Waals surface area contributed by atoms with Gasteiger partial charge in [0.05, 0.1) is 6.54 Å². The highest BCUT2D eigenvalue weighted by Gasteiger charge is 2.16. The third-order valence-electron chi connectivity index (χ3n) is 5.28. The van der Waals surface area contributed by atoms with Crippen LogP contribution in [0.15, 0.2) is 84.9 Å². The summed E-state index contributed by atoms with van der Waals surface area (Å²) in [6, 6.07) is 29.0. The van der Waals surface area contributed by atoms with E-state index in [0.717, 1.165) is 40.4 Å². The van der Waals surface area contributed by atoms with E-state index in [2.05, 4.69) is 54.7 Å². The quantitative estimate of drug-likeness (QED) is 0.340. The fourth-order valence-electron chi connectivity index (χ4n) is 3.77. The fraction of sp³-hybridized carbons (Fsp3) is 0.231. The topological polar surface area (TPSA) is 42.7 Å². The molecule has 0 saturated heterocycles. The summed E-state index contributed by atoms with van der Waals surface area (Å²) >= 11 is 6.16. The van der Waals surface area contributed by atoms with Crippen molar-refractivity contribution in [3.63, 3.8) is 0 Å².